The highest BCUT2D eigenvalue weighted by atomic mass is 16.1. The molecule has 2 nitrogen and oxygen atoms in total. The number of hydrogen-bond acceptors (Lipinski definition) is 1. The van der Waals surface area contributed by atoms with Gasteiger partial charge in [-0.15, -0.1) is 0 Å². The molecule has 0 unspecified atom stereocenters. The van der Waals surface area contributed by atoms with Gasteiger partial charge in [-0.25, -0.2) is 0 Å². The molecular weight excluding hydrogens is 234 g/mol. The summed E-state index contributed by atoms with van der Waals surface area (Å²) < 4.78 is 0. The minimum absolute atomic E-state index is 0.283. The summed E-state index contributed by atoms with van der Waals surface area (Å²) in [5.74, 6) is 1.02. The maximum atomic E-state index is 11.8. The number of Topliss-reactive ketones (excluding diaryl/α,β-unsaturated/α-hetero) is 1. The second-order valence-corrected chi connectivity index (χ2v) is 6.04. The topological polar surface area (TPSA) is 32.9 Å². The van der Waals surface area contributed by atoms with Gasteiger partial charge in [-0.2, -0.15) is 0 Å². The number of carbonyl (C=O) groups is 1. The summed E-state index contributed by atoms with van der Waals surface area (Å²) in [6.07, 6.45) is 8.40. The van der Waals surface area contributed by atoms with Crippen LogP contribution in [-0.2, 0) is 6.42 Å². The fourth-order valence-corrected chi connectivity index (χ4v) is 3.82. The highest BCUT2D eigenvalue weighted by Crippen LogP contribution is 2.36. The first-order valence-electron chi connectivity index (χ1n) is 7.50. The van der Waals surface area contributed by atoms with Gasteiger partial charge in [0.05, 0.1) is 5.69 Å². The van der Waals surface area contributed by atoms with Crippen LogP contribution in [-0.4, -0.2) is 10.8 Å². The third-order valence-electron chi connectivity index (χ3n) is 4.89. The van der Waals surface area contributed by atoms with Gasteiger partial charge in [-0.05, 0) is 48.4 Å². The van der Waals surface area contributed by atoms with Gasteiger partial charge < -0.3 is 4.98 Å². The predicted octanol–water partition coefficient (Wildman–Crippen LogP) is 4.34. The van der Waals surface area contributed by atoms with E-state index in [0.29, 0.717) is 6.42 Å². The first-order chi connectivity index (χ1) is 9.33. The molecule has 2 aromatic rings. The van der Waals surface area contributed by atoms with Crippen molar-refractivity contribution in [3.63, 3.8) is 0 Å². The highest BCUT2D eigenvalue weighted by molar-refractivity contribution is 6.05. The Bertz CT molecular complexity index is 647. The van der Waals surface area contributed by atoms with Gasteiger partial charge in [0.1, 0.15) is 0 Å². The van der Waals surface area contributed by atoms with Gasteiger partial charge in [0.25, 0.3) is 0 Å². The van der Waals surface area contributed by atoms with Crippen molar-refractivity contribution in [1.29, 1.82) is 0 Å². The summed E-state index contributed by atoms with van der Waals surface area (Å²) in [6.45, 7) is 0. The Hall–Kier alpha value is -1.57. The minimum Gasteiger partial charge on any atom is -0.352 e. The maximum absolute atomic E-state index is 11.8. The molecule has 1 heterocycles. The van der Waals surface area contributed by atoms with Crippen LogP contribution in [0.3, 0.4) is 0 Å². The van der Waals surface area contributed by atoms with Crippen molar-refractivity contribution >= 4 is 16.7 Å². The van der Waals surface area contributed by atoms with Crippen molar-refractivity contribution in [2.45, 2.75) is 50.9 Å². The molecule has 0 saturated heterocycles. The van der Waals surface area contributed by atoms with Crippen molar-refractivity contribution in [3.8, 4) is 0 Å². The van der Waals surface area contributed by atoms with Crippen LogP contribution in [0, 0.1) is 0 Å². The number of H-pyrrole nitrogens is 1. The Morgan fingerprint density at radius 1 is 1.05 bits per heavy atom. The van der Waals surface area contributed by atoms with Gasteiger partial charge in [0.2, 0.25) is 0 Å². The van der Waals surface area contributed by atoms with E-state index in [1.54, 1.807) is 0 Å². The molecule has 0 radical (unpaired) electrons. The zero-order valence-corrected chi connectivity index (χ0v) is 11.2. The van der Waals surface area contributed by atoms with E-state index in [1.807, 2.05) is 0 Å². The Labute approximate surface area is 113 Å². The molecule has 1 N–H and O–H groups in total. The van der Waals surface area contributed by atoms with E-state index >= 15 is 0 Å². The van der Waals surface area contributed by atoms with Crippen molar-refractivity contribution in [3.05, 3.63) is 35.0 Å². The third kappa shape index (κ3) is 1.73. The van der Waals surface area contributed by atoms with E-state index in [0.717, 1.165) is 23.5 Å². The normalized spacial score (nSPS) is 20.1. The third-order valence-corrected chi connectivity index (χ3v) is 4.89. The van der Waals surface area contributed by atoms with E-state index in [9.17, 15) is 4.79 Å². The summed E-state index contributed by atoms with van der Waals surface area (Å²) in [5, 5.41) is 1.30. The molecular formula is C17H19NO. The number of carbonyl (C=O) groups excluding carboxylic acids is 1. The van der Waals surface area contributed by atoms with Crippen LogP contribution in [0.2, 0.25) is 0 Å². The van der Waals surface area contributed by atoms with Crippen molar-refractivity contribution in [2.75, 3.05) is 0 Å². The molecule has 19 heavy (non-hydrogen) atoms. The lowest BCUT2D eigenvalue weighted by molar-refractivity contribution is 0.0991. The first kappa shape index (κ1) is 11.3. The zero-order valence-electron chi connectivity index (χ0n) is 11.2. The molecule has 4 rings (SSSR count). The summed E-state index contributed by atoms with van der Waals surface area (Å²) in [5.41, 5.74) is 4.75. The fourth-order valence-electron chi connectivity index (χ4n) is 3.82. The number of aromatic amines is 1. The average molecular weight is 253 g/mol. The van der Waals surface area contributed by atoms with E-state index < -0.39 is 0 Å². The van der Waals surface area contributed by atoms with E-state index in [-0.39, 0.29) is 5.78 Å². The van der Waals surface area contributed by atoms with Crippen LogP contribution in [0.15, 0.2) is 18.2 Å². The number of hydrogen-bond donors (Lipinski definition) is 1. The summed E-state index contributed by atoms with van der Waals surface area (Å²) in [6, 6.07) is 6.78. The molecule has 0 spiro atoms. The van der Waals surface area contributed by atoms with E-state index in [4.69, 9.17) is 0 Å². The Balaban J connectivity index is 1.80. The Kier molecular flexibility index (Phi) is 2.51. The van der Waals surface area contributed by atoms with Gasteiger partial charge in [0.15, 0.2) is 5.78 Å². The number of rotatable bonds is 1. The number of fused-ring (bicyclic) bond motifs is 3. The molecule has 2 aliphatic rings. The molecule has 0 bridgehead atoms. The molecule has 0 amide bonds. The monoisotopic (exact) mass is 253 g/mol. The lowest BCUT2D eigenvalue weighted by Gasteiger charge is -2.22. The highest BCUT2D eigenvalue weighted by Gasteiger charge is 2.25. The molecule has 0 aliphatic heterocycles. The van der Waals surface area contributed by atoms with E-state index in [2.05, 4.69) is 23.2 Å². The zero-order chi connectivity index (χ0) is 12.8. The predicted molar refractivity (Wildman–Crippen MR) is 76.8 cm³/mol. The van der Waals surface area contributed by atoms with E-state index in [1.165, 1.54) is 48.6 Å². The minimum atomic E-state index is 0.283. The van der Waals surface area contributed by atoms with Gasteiger partial charge >= 0.3 is 0 Å². The van der Waals surface area contributed by atoms with Crippen LogP contribution >= 0.6 is 0 Å². The molecule has 2 aliphatic carbocycles. The number of aryl methyl sites for hydroxylation is 1. The smallest absolute Gasteiger partial charge is 0.179 e. The number of aromatic nitrogens is 1. The molecule has 1 saturated carbocycles. The second kappa shape index (κ2) is 4.22. The molecule has 2 heteroatoms. The summed E-state index contributed by atoms with van der Waals surface area (Å²) in [7, 11) is 0. The lowest BCUT2D eigenvalue weighted by atomic mass is 9.83. The largest absolute Gasteiger partial charge is 0.352 e. The van der Waals surface area contributed by atoms with Crippen molar-refractivity contribution in [2.24, 2.45) is 0 Å². The maximum Gasteiger partial charge on any atom is 0.179 e. The summed E-state index contributed by atoms with van der Waals surface area (Å²) >= 11 is 0. The molecule has 1 fully saturated rings. The van der Waals surface area contributed by atoms with Crippen LogP contribution in [0.25, 0.3) is 10.9 Å². The first-order valence-corrected chi connectivity index (χ1v) is 7.50. The Morgan fingerprint density at radius 3 is 2.74 bits per heavy atom. The lowest BCUT2D eigenvalue weighted by Crippen LogP contribution is -2.04. The molecule has 98 valence electrons. The van der Waals surface area contributed by atoms with Crippen molar-refractivity contribution in [1.82, 2.24) is 4.98 Å². The second-order valence-electron chi connectivity index (χ2n) is 6.04. The van der Waals surface area contributed by atoms with Gasteiger partial charge in [-0.3, -0.25) is 4.79 Å². The number of benzene rings is 1. The van der Waals surface area contributed by atoms with Gasteiger partial charge in [0, 0.05) is 17.3 Å². The number of ketones is 1. The SMILES string of the molecule is O=C1CCc2c1[nH]c1ccc(C3CCCCC3)cc21. The molecule has 1 aromatic heterocycles. The fraction of sp³-hybridized carbons (Fsp3) is 0.471. The van der Waals surface area contributed by atoms with Gasteiger partial charge in [-0.1, -0.05) is 25.3 Å². The number of nitrogens with one attached hydrogen (secondary N) is 1. The van der Waals surface area contributed by atoms with Crippen LogP contribution in [0.5, 0.6) is 0 Å². The molecule has 0 atom stereocenters. The molecule has 1 aromatic carbocycles. The quantitative estimate of drug-likeness (QED) is 0.805. The van der Waals surface area contributed by atoms with Crippen molar-refractivity contribution < 1.29 is 4.79 Å². The van der Waals surface area contributed by atoms with Crippen LogP contribution in [0.1, 0.15) is 66.1 Å². The van der Waals surface area contributed by atoms with Crippen LogP contribution < -0.4 is 0 Å². The standard InChI is InChI=1S/C17H19NO/c19-16-9-7-13-14-10-12(11-4-2-1-3-5-11)6-8-15(14)18-17(13)16/h6,8,10-11,18H,1-5,7,9H2. The summed E-state index contributed by atoms with van der Waals surface area (Å²) in [4.78, 5) is 15.1. The average Bonchev–Trinajstić information content (AvgIpc) is 3.00. The van der Waals surface area contributed by atoms with Crippen LogP contribution in [0.4, 0.5) is 0 Å². The Morgan fingerprint density at radius 2 is 1.89 bits per heavy atom.